The summed E-state index contributed by atoms with van der Waals surface area (Å²) in [6.07, 6.45) is -0.398. The topological polar surface area (TPSA) is 54.8 Å². The molecular formula is C53H34N4O. The van der Waals surface area contributed by atoms with Crippen LogP contribution in [0.1, 0.15) is 22.9 Å². The summed E-state index contributed by atoms with van der Waals surface area (Å²) in [5.74, 6) is 1.43. The average molecular weight is 743 g/mol. The van der Waals surface area contributed by atoms with Gasteiger partial charge in [0.1, 0.15) is 17.6 Å². The largest absolute Gasteiger partial charge is 0.454 e. The highest BCUT2D eigenvalue weighted by molar-refractivity contribution is 6.20. The molecule has 12 rings (SSSR count). The van der Waals surface area contributed by atoms with Gasteiger partial charge in [-0.25, -0.2) is 9.98 Å². The molecule has 0 fully saturated rings. The molecule has 1 unspecified atom stereocenters. The van der Waals surface area contributed by atoms with Gasteiger partial charge in [-0.05, 0) is 80.7 Å². The molecule has 5 heteroatoms. The molecule has 0 saturated heterocycles. The van der Waals surface area contributed by atoms with Crippen LogP contribution in [0.2, 0.25) is 0 Å². The van der Waals surface area contributed by atoms with Crippen LogP contribution in [0.15, 0.2) is 209 Å². The number of hydrogen-bond acceptors (Lipinski definition) is 4. The van der Waals surface area contributed by atoms with Gasteiger partial charge in [0.2, 0.25) is 0 Å². The number of amidine groups is 2. The molecule has 0 saturated carbocycles. The highest BCUT2D eigenvalue weighted by Crippen LogP contribution is 2.41. The van der Waals surface area contributed by atoms with Crippen molar-refractivity contribution in [3.8, 4) is 16.8 Å². The highest BCUT2D eigenvalue weighted by Gasteiger charge is 2.25. The Bertz CT molecular complexity index is 3490. The number of para-hydroxylation sites is 2. The summed E-state index contributed by atoms with van der Waals surface area (Å²) < 4.78 is 9.17. The number of fused-ring (bicyclic) bond motifs is 8. The van der Waals surface area contributed by atoms with Crippen LogP contribution in [0.3, 0.4) is 0 Å². The molecular weight excluding hydrogens is 709 g/mol. The van der Waals surface area contributed by atoms with Gasteiger partial charge >= 0.3 is 0 Å². The van der Waals surface area contributed by atoms with Crippen molar-refractivity contribution in [2.45, 2.75) is 6.17 Å². The molecule has 58 heavy (non-hydrogen) atoms. The van der Waals surface area contributed by atoms with E-state index in [1.165, 1.54) is 21.5 Å². The standard InChI is InChI=1S/C53H34N4O/c1-2-14-33(15-3-1)35-20-12-21-38(28-35)51-54-52(56-53(55-51)43-25-13-19-34-16-6-7-22-40(34)43)39-30-45-42-24-9-11-27-49(42)58-50(45)48(32-39)57-46-26-10-8-23-41(46)44-29-36-17-4-5-18-37(36)31-47(44)57/h1-32,51H,(H,54,55,56). The Morgan fingerprint density at radius 3 is 2.03 bits per heavy atom. The van der Waals surface area contributed by atoms with Gasteiger partial charge in [0.15, 0.2) is 11.4 Å². The molecule has 0 amide bonds. The van der Waals surface area contributed by atoms with Gasteiger partial charge in [0.05, 0.1) is 16.7 Å². The van der Waals surface area contributed by atoms with Gasteiger partial charge < -0.3 is 14.3 Å². The highest BCUT2D eigenvalue weighted by atomic mass is 16.3. The van der Waals surface area contributed by atoms with Crippen LogP contribution in [0.5, 0.6) is 0 Å². The van der Waals surface area contributed by atoms with E-state index >= 15 is 0 Å². The van der Waals surface area contributed by atoms with Crippen LogP contribution in [0, 0.1) is 0 Å². The maximum Gasteiger partial charge on any atom is 0.159 e. The van der Waals surface area contributed by atoms with E-state index in [9.17, 15) is 0 Å². The van der Waals surface area contributed by atoms with Crippen molar-refractivity contribution in [1.82, 2.24) is 9.88 Å². The number of furan rings is 1. The smallest absolute Gasteiger partial charge is 0.159 e. The Hall–Kier alpha value is -7.76. The fourth-order valence-electron chi connectivity index (χ4n) is 8.86. The van der Waals surface area contributed by atoms with Crippen molar-refractivity contribution in [1.29, 1.82) is 0 Å². The lowest BCUT2D eigenvalue weighted by Gasteiger charge is -2.25. The lowest BCUT2D eigenvalue weighted by Crippen LogP contribution is -2.33. The van der Waals surface area contributed by atoms with Crippen LogP contribution in [-0.4, -0.2) is 16.2 Å². The number of aliphatic imine (C=N–C) groups is 2. The maximum absolute atomic E-state index is 6.81. The second kappa shape index (κ2) is 12.9. The lowest BCUT2D eigenvalue weighted by atomic mass is 10.00. The van der Waals surface area contributed by atoms with Crippen LogP contribution in [-0.2, 0) is 0 Å². The summed E-state index contributed by atoms with van der Waals surface area (Å²) in [7, 11) is 0. The minimum atomic E-state index is -0.398. The first-order chi connectivity index (χ1) is 28.7. The molecule has 0 spiro atoms. The van der Waals surface area contributed by atoms with E-state index in [2.05, 4.69) is 192 Å². The molecule has 5 nitrogen and oxygen atoms in total. The summed E-state index contributed by atoms with van der Waals surface area (Å²) in [5, 5.41) is 12.9. The van der Waals surface area contributed by atoms with Crippen molar-refractivity contribution in [3.63, 3.8) is 0 Å². The van der Waals surface area contributed by atoms with Crippen molar-refractivity contribution in [2.24, 2.45) is 9.98 Å². The average Bonchev–Trinajstić information content (AvgIpc) is 3.83. The minimum absolute atomic E-state index is 0.398. The molecule has 0 aliphatic carbocycles. The number of hydrogen-bond donors (Lipinski definition) is 1. The predicted molar refractivity (Wildman–Crippen MR) is 240 cm³/mol. The third-order valence-corrected chi connectivity index (χ3v) is 11.6. The van der Waals surface area contributed by atoms with Crippen LogP contribution in [0.25, 0.3) is 82.1 Å². The van der Waals surface area contributed by atoms with E-state index in [0.717, 1.165) is 83.1 Å². The van der Waals surface area contributed by atoms with Crippen LogP contribution < -0.4 is 5.32 Å². The fourth-order valence-corrected chi connectivity index (χ4v) is 8.86. The van der Waals surface area contributed by atoms with E-state index in [1.54, 1.807) is 0 Å². The second-order valence-corrected chi connectivity index (χ2v) is 15.0. The Morgan fingerprint density at radius 2 is 1.16 bits per heavy atom. The number of aromatic nitrogens is 1. The van der Waals surface area contributed by atoms with E-state index in [-0.39, 0.29) is 0 Å². The van der Waals surface area contributed by atoms with Crippen molar-refractivity contribution in [3.05, 3.63) is 211 Å². The predicted octanol–water partition coefficient (Wildman–Crippen LogP) is 13.2. The number of nitrogens with one attached hydrogen (secondary N) is 1. The molecule has 0 bridgehead atoms. The van der Waals surface area contributed by atoms with Crippen molar-refractivity contribution >= 4 is 77.0 Å². The number of rotatable bonds is 5. The van der Waals surface area contributed by atoms with Gasteiger partial charge in [-0.2, -0.15) is 0 Å². The quantitative estimate of drug-likeness (QED) is 0.191. The number of benzene rings is 9. The maximum atomic E-state index is 6.81. The molecule has 11 aromatic rings. The molecule has 1 atom stereocenters. The van der Waals surface area contributed by atoms with Crippen LogP contribution >= 0.6 is 0 Å². The summed E-state index contributed by atoms with van der Waals surface area (Å²) in [4.78, 5) is 10.9. The monoisotopic (exact) mass is 742 g/mol. The summed E-state index contributed by atoms with van der Waals surface area (Å²) in [5.41, 5.74) is 10.1. The molecule has 272 valence electrons. The zero-order valence-electron chi connectivity index (χ0n) is 31.3. The fraction of sp³-hybridized carbons (Fsp3) is 0.0189. The molecule has 1 aliphatic rings. The first kappa shape index (κ1) is 32.5. The van der Waals surface area contributed by atoms with E-state index in [1.807, 2.05) is 12.1 Å². The Kier molecular flexibility index (Phi) is 7.23. The van der Waals surface area contributed by atoms with E-state index in [0.29, 0.717) is 5.84 Å². The van der Waals surface area contributed by atoms with E-state index < -0.39 is 6.17 Å². The van der Waals surface area contributed by atoms with Gasteiger partial charge in [-0.15, -0.1) is 0 Å². The molecule has 1 aliphatic heterocycles. The Balaban J connectivity index is 1.14. The molecule has 9 aromatic carbocycles. The van der Waals surface area contributed by atoms with Crippen molar-refractivity contribution < 1.29 is 4.42 Å². The molecule has 1 N–H and O–H groups in total. The zero-order chi connectivity index (χ0) is 38.2. The van der Waals surface area contributed by atoms with Crippen LogP contribution in [0.4, 0.5) is 0 Å². The molecule has 2 aromatic heterocycles. The third kappa shape index (κ3) is 5.17. The SMILES string of the molecule is c1ccc(-c2cccc(C3N=C(c4cc(-n5c6ccccc6c6cc7ccccc7cc65)c5oc6ccccc6c5c4)N=C(c4cccc5ccccc45)N3)c2)cc1. The normalized spacial score (nSPS) is 14.4. The summed E-state index contributed by atoms with van der Waals surface area (Å²) in [6, 6.07) is 68.6. The summed E-state index contributed by atoms with van der Waals surface area (Å²) >= 11 is 0. The van der Waals surface area contributed by atoms with Crippen molar-refractivity contribution in [2.75, 3.05) is 0 Å². The lowest BCUT2D eigenvalue weighted by molar-refractivity contribution is 0.666. The minimum Gasteiger partial charge on any atom is -0.454 e. The molecule has 3 heterocycles. The summed E-state index contributed by atoms with van der Waals surface area (Å²) in [6.45, 7) is 0. The molecule has 0 radical (unpaired) electrons. The number of nitrogens with zero attached hydrogens (tertiary/aromatic N) is 3. The van der Waals surface area contributed by atoms with Gasteiger partial charge in [0.25, 0.3) is 0 Å². The first-order valence-electron chi connectivity index (χ1n) is 19.7. The van der Waals surface area contributed by atoms with E-state index in [4.69, 9.17) is 14.4 Å². The Morgan fingerprint density at radius 1 is 0.466 bits per heavy atom. The van der Waals surface area contributed by atoms with Gasteiger partial charge in [0, 0.05) is 32.7 Å². The zero-order valence-corrected chi connectivity index (χ0v) is 31.3. The second-order valence-electron chi connectivity index (χ2n) is 15.0. The Labute approximate surface area is 333 Å². The third-order valence-electron chi connectivity index (χ3n) is 11.6. The van der Waals surface area contributed by atoms with Gasteiger partial charge in [-0.1, -0.05) is 152 Å². The van der Waals surface area contributed by atoms with Gasteiger partial charge in [-0.3, -0.25) is 0 Å². The first-order valence-corrected chi connectivity index (χ1v) is 19.7.